The van der Waals surface area contributed by atoms with E-state index in [9.17, 15) is 19.2 Å². The van der Waals surface area contributed by atoms with Gasteiger partial charge in [-0.1, -0.05) is 38.8 Å². The van der Waals surface area contributed by atoms with Crippen molar-refractivity contribution in [3.63, 3.8) is 0 Å². The lowest BCUT2D eigenvalue weighted by atomic mass is 10.0. The van der Waals surface area contributed by atoms with Crippen molar-refractivity contribution in [2.75, 3.05) is 19.8 Å². The Kier molecular flexibility index (Phi) is 9.57. The Morgan fingerprint density at radius 2 is 1.74 bits per heavy atom. The van der Waals surface area contributed by atoms with Crippen molar-refractivity contribution in [2.24, 2.45) is 0 Å². The second-order valence-corrected chi connectivity index (χ2v) is 10.3. The van der Waals surface area contributed by atoms with Crippen LogP contribution in [0.3, 0.4) is 0 Å². The smallest absolute Gasteiger partial charge is 0.257 e. The third-order valence-electron chi connectivity index (χ3n) is 7.07. The van der Waals surface area contributed by atoms with Crippen molar-refractivity contribution < 1.29 is 28.7 Å². The Morgan fingerprint density at radius 3 is 2.49 bits per heavy atom. The number of nitrogens with zero attached hydrogens (tertiary/aromatic N) is 1. The SMILES string of the molecule is CC(C)c1ccc(OCC(=O)NCCCCCCOc2ccc3c(c2)CN(C2CCC(=O)NC2=O)C3=O)cc1. The average Bonchev–Trinajstić information content (AvgIpc) is 3.24. The van der Waals surface area contributed by atoms with Gasteiger partial charge in [-0.15, -0.1) is 0 Å². The van der Waals surface area contributed by atoms with Gasteiger partial charge < -0.3 is 19.7 Å². The Hall–Kier alpha value is -3.88. The number of amides is 4. The molecule has 9 heteroatoms. The number of imide groups is 1. The molecule has 2 aliphatic heterocycles. The van der Waals surface area contributed by atoms with Gasteiger partial charge in [0, 0.05) is 25.1 Å². The van der Waals surface area contributed by atoms with Crippen LogP contribution in [0.5, 0.6) is 11.5 Å². The largest absolute Gasteiger partial charge is 0.494 e. The van der Waals surface area contributed by atoms with Gasteiger partial charge in [-0.25, -0.2) is 0 Å². The third kappa shape index (κ3) is 7.59. The number of ether oxygens (including phenoxy) is 2. The Morgan fingerprint density at radius 1 is 1.00 bits per heavy atom. The van der Waals surface area contributed by atoms with Gasteiger partial charge in [0.2, 0.25) is 11.8 Å². The number of unbranched alkanes of at least 4 members (excludes halogenated alkanes) is 3. The van der Waals surface area contributed by atoms with Gasteiger partial charge in [0.15, 0.2) is 6.61 Å². The molecule has 0 aromatic heterocycles. The van der Waals surface area contributed by atoms with Crippen LogP contribution >= 0.6 is 0 Å². The minimum atomic E-state index is -0.619. The molecule has 0 spiro atoms. The number of hydrogen-bond acceptors (Lipinski definition) is 6. The molecule has 2 heterocycles. The van der Waals surface area contributed by atoms with Crippen LogP contribution in [0, 0.1) is 0 Å². The first-order valence-electron chi connectivity index (χ1n) is 13.7. The highest BCUT2D eigenvalue weighted by Crippen LogP contribution is 2.30. The predicted octanol–water partition coefficient (Wildman–Crippen LogP) is 3.71. The monoisotopic (exact) mass is 535 g/mol. The summed E-state index contributed by atoms with van der Waals surface area (Å²) in [6.45, 7) is 5.77. The molecule has 2 aliphatic rings. The Labute approximate surface area is 229 Å². The Balaban J connectivity index is 1.08. The molecule has 4 rings (SSSR count). The maximum Gasteiger partial charge on any atom is 0.257 e. The van der Waals surface area contributed by atoms with Crippen molar-refractivity contribution in [1.29, 1.82) is 0 Å². The molecule has 2 aromatic carbocycles. The lowest BCUT2D eigenvalue weighted by Gasteiger charge is -2.29. The average molecular weight is 536 g/mol. The van der Waals surface area contributed by atoms with E-state index in [0.29, 0.717) is 49.1 Å². The molecule has 2 N–H and O–H groups in total. The quantitative estimate of drug-likeness (QED) is 0.299. The molecule has 4 amide bonds. The maximum atomic E-state index is 12.8. The van der Waals surface area contributed by atoms with Gasteiger partial charge in [-0.3, -0.25) is 24.5 Å². The zero-order valence-electron chi connectivity index (χ0n) is 22.7. The van der Waals surface area contributed by atoms with E-state index in [1.807, 2.05) is 30.3 Å². The van der Waals surface area contributed by atoms with E-state index in [4.69, 9.17) is 9.47 Å². The number of carbonyl (C=O) groups excluding carboxylic acids is 4. The number of rotatable bonds is 13. The molecular formula is C30H37N3O6. The molecule has 0 radical (unpaired) electrons. The number of fused-ring (bicyclic) bond motifs is 1. The van der Waals surface area contributed by atoms with E-state index in [-0.39, 0.29) is 30.7 Å². The number of nitrogens with one attached hydrogen (secondary N) is 2. The molecule has 1 fully saturated rings. The molecule has 1 saturated heterocycles. The van der Waals surface area contributed by atoms with E-state index in [0.717, 1.165) is 31.2 Å². The fourth-order valence-corrected chi connectivity index (χ4v) is 4.79. The van der Waals surface area contributed by atoms with Crippen LogP contribution in [0.1, 0.15) is 79.8 Å². The van der Waals surface area contributed by atoms with Crippen molar-refractivity contribution >= 4 is 23.6 Å². The van der Waals surface area contributed by atoms with Crippen LogP contribution in [0.4, 0.5) is 0 Å². The molecule has 9 nitrogen and oxygen atoms in total. The fraction of sp³-hybridized carbons (Fsp3) is 0.467. The van der Waals surface area contributed by atoms with Crippen molar-refractivity contribution in [2.45, 2.75) is 70.9 Å². The molecule has 0 saturated carbocycles. The van der Waals surface area contributed by atoms with Gasteiger partial charge in [0.1, 0.15) is 17.5 Å². The predicted molar refractivity (Wildman–Crippen MR) is 145 cm³/mol. The lowest BCUT2D eigenvalue weighted by molar-refractivity contribution is -0.137. The second-order valence-electron chi connectivity index (χ2n) is 10.3. The summed E-state index contributed by atoms with van der Waals surface area (Å²) in [7, 11) is 0. The highest BCUT2D eigenvalue weighted by molar-refractivity contribution is 6.05. The van der Waals surface area contributed by atoms with Crippen molar-refractivity contribution in [1.82, 2.24) is 15.5 Å². The van der Waals surface area contributed by atoms with E-state index in [1.165, 1.54) is 10.5 Å². The first-order chi connectivity index (χ1) is 18.8. The van der Waals surface area contributed by atoms with E-state index in [2.05, 4.69) is 24.5 Å². The van der Waals surface area contributed by atoms with Crippen molar-refractivity contribution in [3.8, 4) is 11.5 Å². The minimum absolute atomic E-state index is 0.00648. The molecule has 1 unspecified atom stereocenters. The normalized spacial score (nSPS) is 16.7. The maximum absolute atomic E-state index is 12.8. The summed E-state index contributed by atoms with van der Waals surface area (Å²) in [5.41, 5.74) is 2.64. The van der Waals surface area contributed by atoms with Gasteiger partial charge in [-0.05, 0) is 66.6 Å². The summed E-state index contributed by atoms with van der Waals surface area (Å²) in [6, 6.07) is 12.6. The summed E-state index contributed by atoms with van der Waals surface area (Å²) >= 11 is 0. The van der Waals surface area contributed by atoms with E-state index in [1.54, 1.807) is 12.1 Å². The van der Waals surface area contributed by atoms with E-state index < -0.39 is 11.9 Å². The zero-order chi connectivity index (χ0) is 27.8. The molecular weight excluding hydrogens is 498 g/mol. The van der Waals surface area contributed by atoms with Crippen LogP contribution in [-0.4, -0.2) is 54.3 Å². The number of piperidine rings is 1. The van der Waals surface area contributed by atoms with E-state index >= 15 is 0 Å². The lowest BCUT2D eigenvalue weighted by Crippen LogP contribution is -2.52. The Bertz CT molecular complexity index is 1190. The highest BCUT2D eigenvalue weighted by Gasteiger charge is 2.39. The summed E-state index contributed by atoms with van der Waals surface area (Å²) < 4.78 is 11.4. The van der Waals surface area contributed by atoms with Gasteiger partial charge in [0.05, 0.1) is 6.61 Å². The standard InChI is InChI=1S/C30H37N3O6/c1-20(2)21-7-9-23(10-8-21)39-19-28(35)31-15-5-3-4-6-16-38-24-11-12-25-22(17-24)18-33(30(25)37)26-13-14-27(34)32-29(26)36/h7-12,17,20,26H,3-6,13-16,18-19H2,1-2H3,(H,31,35)(H,32,34,36). The molecule has 208 valence electrons. The summed E-state index contributed by atoms with van der Waals surface area (Å²) in [6.07, 6.45) is 4.28. The number of hydrogen-bond donors (Lipinski definition) is 2. The number of carbonyl (C=O) groups is 4. The van der Waals surface area contributed by atoms with Crippen LogP contribution < -0.4 is 20.1 Å². The highest BCUT2D eigenvalue weighted by atomic mass is 16.5. The first kappa shape index (κ1) is 28.1. The topological polar surface area (TPSA) is 114 Å². The van der Waals surface area contributed by atoms with Gasteiger partial charge >= 0.3 is 0 Å². The fourth-order valence-electron chi connectivity index (χ4n) is 4.79. The summed E-state index contributed by atoms with van der Waals surface area (Å²) in [4.78, 5) is 49.9. The molecule has 1 atom stereocenters. The van der Waals surface area contributed by atoms with Crippen LogP contribution in [-0.2, 0) is 20.9 Å². The molecule has 2 aromatic rings. The minimum Gasteiger partial charge on any atom is -0.494 e. The van der Waals surface area contributed by atoms with Crippen LogP contribution in [0.25, 0.3) is 0 Å². The zero-order valence-corrected chi connectivity index (χ0v) is 22.7. The van der Waals surface area contributed by atoms with Crippen molar-refractivity contribution in [3.05, 3.63) is 59.2 Å². The molecule has 39 heavy (non-hydrogen) atoms. The third-order valence-corrected chi connectivity index (χ3v) is 7.07. The second kappa shape index (κ2) is 13.3. The molecule has 0 bridgehead atoms. The summed E-state index contributed by atoms with van der Waals surface area (Å²) in [5, 5.41) is 5.21. The van der Waals surface area contributed by atoms with Crippen LogP contribution in [0.15, 0.2) is 42.5 Å². The van der Waals surface area contributed by atoms with Crippen LogP contribution in [0.2, 0.25) is 0 Å². The molecule has 0 aliphatic carbocycles. The van der Waals surface area contributed by atoms with Gasteiger partial charge in [0.25, 0.3) is 11.8 Å². The summed E-state index contributed by atoms with van der Waals surface area (Å²) in [5.74, 6) is 0.815. The number of benzene rings is 2. The van der Waals surface area contributed by atoms with Gasteiger partial charge in [-0.2, -0.15) is 0 Å². The first-order valence-corrected chi connectivity index (χ1v) is 13.7.